The molecular formula is C7H2ClF4IO. The molecule has 0 amide bonds. The molecule has 0 heterocycles. The molecule has 0 saturated carbocycles. The van der Waals surface area contributed by atoms with E-state index in [1.54, 1.807) is 22.6 Å². The second-order valence-corrected chi connectivity index (χ2v) is 3.90. The van der Waals surface area contributed by atoms with Crippen LogP contribution >= 0.6 is 34.2 Å². The third kappa shape index (κ3) is 3.16. The molecule has 0 bridgehead atoms. The molecule has 0 unspecified atom stereocenters. The Morgan fingerprint density at radius 1 is 1.29 bits per heavy atom. The fourth-order valence-corrected chi connectivity index (χ4v) is 1.72. The van der Waals surface area contributed by atoms with Crippen LogP contribution in [0, 0.1) is 9.39 Å². The van der Waals surface area contributed by atoms with Crippen LogP contribution in [0.1, 0.15) is 0 Å². The molecule has 0 fully saturated rings. The Morgan fingerprint density at radius 2 is 1.86 bits per heavy atom. The second-order valence-electron chi connectivity index (χ2n) is 2.25. The standard InChI is InChI=1S/C7H2ClF4IO/c8-4-1-3(13)2-5(6(4)9)14-7(10,11)12/h1-2H. The molecule has 0 radical (unpaired) electrons. The van der Waals surface area contributed by atoms with Gasteiger partial charge in [0.25, 0.3) is 0 Å². The summed E-state index contributed by atoms with van der Waals surface area (Å²) in [6.45, 7) is 0. The van der Waals surface area contributed by atoms with E-state index in [4.69, 9.17) is 11.6 Å². The van der Waals surface area contributed by atoms with Crippen molar-refractivity contribution < 1.29 is 22.3 Å². The molecule has 1 nitrogen and oxygen atoms in total. The summed E-state index contributed by atoms with van der Waals surface area (Å²) in [7, 11) is 0. The SMILES string of the molecule is Fc1c(Cl)cc(I)cc1OC(F)(F)F. The molecule has 0 atom stereocenters. The molecule has 1 aromatic carbocycles. The number of hydrogen-bond donors (Lipinski definition) is 0. The van der Waals surface area contributed by atoms with Crippen molar-refractivity contribution >= 4 is 34.2 Å². The van der Waals surface area contributed by atoms with E-state index in [2.05, 4.69) is 4.74 Å². The predicted molar refractivity (Wildman–Crippen MR) is 50.8 cm³/mol. The lowest BCUT2D eigenvalue weighted by Gasteiger charge is -2.10. The Bertz CT molecular complexity index is 352. The smallest absolute Gasteiger partial charge is 0.403 e. The first-order valence-electron chi connectivity index (χ1n) is 3.20. The van der Waals surface area contributed by atoms with E-state index in [9.17, 15) is 17.6 Å². The minimum atomic E-state index is -4.92. The Morgan fingerprint density at radius 3 is 2.36 bits per heavy atom. The number of alkyl halides is 3. The Kier molecular flexibility index (Phi) is 3.46. The van der Waals surface area contributed by atoms with Crippen LogP contribution in [0.15, 0.2) is 12.1 Å². The maximum atomic E-state index is 13.0. The van der Waals surface area contributed by atoms with Gasteiger partial charge < -0.3 is 4.74 Å². The van der Waals surface area contributed by atoms with Gasteiger partial charge in [0.1, 0.15) is 0 Å². The van der Waals surface area contributed by atoms with Gasteiger partial charge in [-0.05, 0) is 34.7 Å². The van der Waals surface area contributed by atoms with E-state index in [1.807, 2.05) is 0 Å². The molecule has 0 spiro atoms. The van der Waals surface area contributed by atoms with Crippen LogP contribution in [0.25, 0.3) is 0 Å². The van der Waals surface area contributed by atoms with E-state index in [1.165, 1.54) is 6.07 Å². The molecule has 0 aromatic heterocycles. The Labute approximate surface area is 95.1 Å². The first-order chi connectivity index (χ1) is 6.29. The summed E-state index contributed by atoms with van der Waals surface area (Å²) in [5.74, 6) is -2.14. The Hall–Kier alpha value is -0.240. The third-order valence-corrected chi connectivity index (χ3v) is 2.08. The van der Waals surface area contributed by atoms with E-state index in [-0.39, 0.29) is 0 Å². The number of hydrogen-bond acceptors (Lipinski definition) is 1. The molecule has 0 N–H and O–H groups in total. The first-order valence-corrected chi connectivity index (χ1v) is 4.65. The van der Waals surface area contributed by atoms with E-state index in [0.717, 1.165) is 6.07 Å². The van der Waals surface area contributed by atoms with Gasteiger partial charge in [0.2, 0.25) is 0 Å². The molecule has 78 valence electrons. The van der Waals surface area contributed by atoms with Crippen molar-refractivity contribution in [1.82, 2.24) is 0 Å². The molecule has 7 heteroatoms. The maximum absolute atomic E-state index is 13.0. The largest absolute Gasteiger partial charge is 0.573 e. The summed E-state index contributed by atoms with van der Waals surface area (Å²) in [6.07, 6.45) is -4.92. The molecule has 0 saturated heterocycles. The summed E-state index contributed by atoms with van der Waals surface area (Å²) in [5.41, 5.74) is 0. The van der Waals surface area contributed by atoms with Crippen molar-refractivity contribution in [1.29, 1.82) is 0 Å². The average molecular weight is 340 g/mol. The van der Waals surface area contributed by atoms with Gasteiger partial charge in [-0.1, -0.05) is 11.6 Å². The van der Waals surface area contributed by atoms with Gasteiger partial charge in [0.05, 0.1) is 5.02 Å². The van der Waals surface area contributed by atoms with Crippen molar-refractivity contribution in [2.45, 2.75) is 6.36 Å². The van der Waals surface area contributed by atoms with E-state index in [0.29, 0.717) is 3.57 Å². The molecule has 1 aromatic rings. The van der Waals surface area contributed by atoms with Crippen LogP contribution < -0.4 is 4.74 Å². The molecule has 0 aliphatic rings. The lowest BCUT2D eigenvalue weighted by atomic mass is 10.3. The van der Waals surface area contributed by atoms with Gasteiger partial charge in [-0.3, -0.25) is 0 Å². The molecule has 1 rings (SSSR count). The van der Waals surface area contributed by atoms with Crippen molar-refractivity contribution in [2.75, 3.05) is 0 Å². The van der Waals surface area contributed by atoms with Crippen molar-refractivity contribution in [2.24, 2.45) is 0 Å². The van der Waals surface area contributed by atoms with Crippen LogP contribution in [0.4, 0.5) is 17.6 Å². The van der Waals surface area contributed by atoms with Gasteiger partial charge >= 0.3 is 6.36 Å². The molecule has 0 aliphatic carbocycles. The lowest BCUT2D eigenvalue weighted by Crippen LogP contribution is -2.18. The van der Waals surface area contributed by atoms with Crippen molar-refractivity contribution in [3.63, 3.8) is 0 Å². The fraction of sp³-hybridized carbons (Fsp3) is 0.143. The number of halogens is 6. The zero-order chi connectivity index (χ0) is 10.9. The number of rotatable bonds is 1. The van der Waals surface area contributed by atoms with E-state index >= 15 is 0 Å². The lowest BCUT2D eigenvalue weighted by molar-refractivity contribution is -0.275. The minimum absolute atomic E-state index is 0.355. The quantitative estimate of drug-likeness (QED) is 0.427. The van der Waals surface area contributed by atoms with Crippen LogP contribution in [-0.4, -0.2) is 6.36 Å². The zero-order valence-electron chi connectivity index (χ0n) is 6.33. The van der Waals surface area contributed by atoms with Crippen molar-refractivity contribution in [3.8, 4) is 5.75 Å². The monoisotopic (exact) mass is 340 g/mol. The van der Waals surface area contributed by atoms with E-state index < -0.39 is 23.0 Å². The summed E-state index contributed by atoms with van der Waals surface area (Å²) in [5, 5.41) is -0.406. The first kappa shape index (κ1) is 11.8. The minimum Gasteiger partial charge on any atom is -0.403 e. The summed E-state index contributed by atoms with van der Waals surface area (Å²) < 4.78 is 52.0. The van der Waals surface area contributed by atoms with Gasteiger partial charge in [-0.25, -0.2) is 4.39 Å². The summed E-state index contributed by atoms with van der Waals surface area (Å²) in [4.78, 5) is 0. The molecule has 14 heavy (non-hydrogen) atoms. The van der Waals surface area contributed by atoms with Crippen LogP contribution in [-0.2, 0) is 0 Å². The summed E-state index contributed by atoms with van der Waals surface area (Å²) >= 11 is 7.02. The third-order valence-electron chi connectivity index (χ3n) is 1.19. The predicted octanol–water partition coefficient (Wildman–Crippen LogP) is 3.98. The highest BCUT2D eigenvalue weighted by Crippen LogP contribution is 2.31. The zero-order valence-corrected chi connectivity index (χ0v) is 9.24. The fourth-order valence-electron chi connectivity index (χ4n) is 0.731. The highest BCUT2D eigenvalue weighted by molar-refractivity contribution is 14.1. The van der Waals surface area contributed by atoms with Gasteiger partial charge in [-0.15, -0.1) is 13.2 Å². The Balaban J connectivity index is 3.09. The van der Waals surface area contributed by atoms with Crippen LogP contribution in [0.3, 0.4) is 0 Å². The maximum Gasteiger partial charge on any atom is 0.573 e. The normalized spacial score (nSPS) is 11.6. The van der Waals surface area contributed by atoms with Crippen LogP contribution in [0.2, 0.25) is 5.02 Å². The molecular weight excluding hydrogens is 338 g/mol. The molecule has 0 aliphatic heterocycles. The highest BCUT2D eigenvalue weighted by Gasteiger charge is 2.32. The average Bonchev–Trinajstić information content (AvgIpc) is 1.96. The van der Waals surface area contributed by atoms with Gasteiger partial charge in [0.15, 0.2) is 11.6 Å². The highest BCUT2D eigenvalue weighted by atomic mass is 127. The number of benzene rings is 1. The number of ether oxygens (including phenoxy) is 1. The second kappa shape index (κ2) is 4.09. The van der Waals surface area contributed by atoms with Crippen LogP contribution in [0.5, 0.6) is 5.75 Å². The topological polar surface area (TPSA) is 9.23 Å². The van der Waals surface area contributed by atoms with Gasteiger partial charge in [-0.2, -0.15) is 0 Å². The summed E-state index contributed by atoms with van der Waals surface area (Å²) in [6, 6.07) is 2.11. The van der Waals surface area contributed by atoms with Gasteiger partial charge in [0, 0.05) is 3.57 Å². The van der Waals surface area contributed by atoms with Crippen molar-refractivity contribution in [3.05, 3.63) is 26.5 Å².